The van der Waals surface area contributed by atoms with Gasteiger partial charge in [0.2, 0.25) is 5.78 Å². The number of hydrogen-bond donors (Lipinski definition) is 5. The van der Waals surface area contributed by atoms with Crippen LogP contribution < -0.4 is 25.2 Å². The highest BCUT2D eigenvalue weighted by Crippen LogP contribution is 2.32. The van der Waals surface area contributed by atoms with Crippen molar-refractivity contribution in [1.29, 1.82) is 5.41 Å². The van der Waals surface area contributed by atoms with Crippen LogP contribution in [-0.4, -0.2) is 30.3 Å². The fourth-order valence-electron chi connectivity index (χ4n) is 3.76. The first-order valence-electron chi connectivity index (χ1n) is 11.2. The molecule has 8 nitrogen and oxygen atoms in total. The lowest BCUT2D eigenvalue weighted by molar-refractivity contribution is 0.103. The average Bonchev–Trinajstić information content (AvgIpc) is 3.30. The van der Waals surface area contributed by atoms with Crippen molar-refractivity contribution in [3.63, 3.8) is 0 Å². The van der Waals surface area contributed by atoms with Crippen molar-refractivity contribution in [3.05, 3.63) is 89.1 Å². The van der Waals surface area contributed by atoms with Crippen LogP contribution in [0, 0.1) is 18.2 Å². The van der Waals surface area contributed by atoms with Crippen LogP contribution in [-0.2, 0) is 0 Å². The predicted molar refractivity (Wildman–Crippen MR) is 148 cm³/mol. The summed E-state index contributed by atoms with van der Waals surface area (Å²) in [5.74, 6) is 0.324. The molecule has 1 heterocycles. The molecule has 0 saturated heterocycles. The summed E-state index contributed by atoms with van der Waals surface area (Å²) in [6, 6.07) is 16.6. The van der Waals surface area contributed by atoms with Gasteiger partial charge >= 0.3 is 0 Å². The summed E-state index contributed by atoms with van der Waals surface area (Å²) < 4.78 is 28.1. The largest absolute Gasteiger partial charge is 0.495 e. The fourth-order valence-corrected chi connectivity index (χ4v) is 4.14. The maximum Gasteiger partial charge on any atom is 0.214 e. The number of benzene rings is 3. The summed E-state index contributed by atoms with van der Waals surface area (Å²) in [7, 11) is 1.58. The van der Waals surface area contributed by atoms with E-state index in [1.165, 1.54) is 18.0 Å². The van der Waals surface area contributed by atoms with E-state index in [4.69, 9.17) is 20.6 Å². The Balaban J connectivity index is 1.58. The Hall–Kier alpha value is -4.44. The smallest absolute Gasteiger partial charge is 0.214 e. The van der Waals surface area contributed by atoms with Gasteiger partial charge in [-0.15, -0.1) is 0 Å². The molecule has 0 fully saturated rings. The van der Waals surface area contributed by atoms with Crippen LogP contribution in [0.1, 0.15) is 16.1 Å². The average molecular weight is 520 g/mol. The molecule has 0 aliphatic carbocycles. The second-order valence-corrected chi connectivity index (χ2v) is 8.68. The van der Waals surface area contributed by atoms with E-state index in [9.17, 15) is 9.18 Å². The quantitative estimate of drug-likeness (QED) is 0.0729. The molecule has 37 heavy (non-hydrogen) atoms. The van der Waals surface area contributed by atoms with Gasteiger partial charge in [0.25, 0.3) is 0 Å². The van der Waals surface area contributed by atoms with Gasteiger partial charge in [0.15, 0.2) is 11.6 Å². The van der Waals surface area contributed by atoms with Crippen molar-refractivity contribution in [2.24, 2.45) is 5.73 Å². The van der Waals surface area contributed by atoms with Gasteiger partial charge in [-0.25, -0.2) is 4.39 Å². The zero-order chi connectivity index (χ0) is 26.5. The molecule has 4 rings (SSSR count). The predicted octanol–water partition coefficient (Wildman–Crippen LogP) is 6.22. The monoisotopic (exact) mass is 519 g/mol. The number of Topliss-reactive ketones (excluding diaryl/α,β-unsaturated/α-hetero) is 1. The van der Waals surface area contributed by atoms with Gasteiger partial charge < -0.3 is 35.6 Å². The summed E-state index contributed by atoms with van der Waals surface area (Å²) in [6.07, 6.45) is 2.82. The number of halogens is 1. The van der Waals surface area contributed by atoms with Crippen LogP contribution in [0.15, 0.2) is 72.1 Å². The summed E-state index contributed by atoms with van der Waals surface area (Å²) in [5.41, 5.74) is 9.36. The van der Waals surface area contributed by atoms with E-state index in [-0.39, 0.29) is 22.8 Å². The maximum atomic E-state index is 13.9. The molecule has 190 valence electrons. The van der Waals surface area contributed by atoms with Crippen molar-refractivity contribution < 1.29 is 18.7 Å². The molecular formula is C27H26FN5O3S. The van der Waals surface area contributed by atoms with Gasteiger partial charge in [-0.2, -0.15) is 0 Å². The molecule has 0 aliphatic rings. The molecule has 1 aromatic heterocycles. The number of H-pyrrole nitrogens is 1. The highest BCUT2D eigenvalue weighted by Gasteiger charge is 2.18. The Morgan fingerprint density at radius 3 is 2.57 bits per heavy atom. The van der Waals surface area contributed by atoms with Gasteiger partial charge in [0.1, 0.15) is 17.3 Å². The number of aromatic nitrogens is 1. The summed E-state index contributed by atoms with van der Waals surface area (Å²) in [6.45, 7) is 1.82. The molecule has 10 heteroatoms. The number of fused-ring (bicyclic) bond motifs is 1. The number of anilines is 2. The lowest BCUT2D eigenvalue weighted by Crippen LogP contribution is -2.19. The number of aryl methyl sites for hydroxylation is 1. The van der Waals surface area contributed by atoms with E-state index in [0.29, 0.717) is 17.2 Å². The highest BCUT2D eigenvalue weighted by molar-refractivity contribution is 7.99. The molecule has 0 radical (unpaired) electrons. The second kappa shape index (κ2) is 11.1. The Bertz CT molecular complexity index is 1520. The normalized spacial score (nSPS) is 11.6. The van der Waals surface area contributed by atoms with E-state index >= 15 is 0 Å². The first-order valence-corrected chi connectivity index (χ1v) is 12.4. The van der Waals surface area contributed by atoms with Gasteiger partial charge in [0.05, 0.1) is 24.1 Å². The zero-order valence-electron chi connectivity index (χ0n) is 20.4. The number of ether oxygens (including phenoxy) is 2. The van der Waals surface area contributed by atoms with Crippen LogP contribution in [0.2, 0.25) is 0 Å². The van der Waals surface area contributed by atoms with Crippen LogP contribution >= 0.6 is 11.9 Å². The maximum absolute atomic E-state index is 13.9. The molecule has 0 unspecified atom stereocenters. The minimum Gasteiger partial charge on any atom is -0.495 e. The third-order valence-electron chi connectivity index (χ3n) is 5.61. The topological polar surface area (TPSA) is 125 Å². The first kappa shape index (κ1) is 25.6. The molecule has 0 spiro atoms. The van der Waals surface area contributed by atoms with Crippen LogP contribution in [0.25, 0.3) is 10.9 Å². The van der Waals surface area contributed by atoms with E-state index in [1.54, 1.807) is 49.6 Å². The lowest BCUT2D eigenvalue weighted by atomic mass is 10.1. The minimum absolute atomic E-state index is 0.00735. The van der Waals surface area contributed by atoms with Gasteiger partial charge in [-0.1, -0.05) is 24.1 Å². The van der Waals surface area contributed by atoms with Crippen LogP contribution in [0.5, 0.6) is 17.2 Å². The van der Waals surface area contributed by atoms with Crippen LogP contribution in [0.3, 0.4) is 0 Å². The number of ketones is 1. The van der Waals surface area contributed by atoms with Crippen molar-refractivity contribution >= 4 is 46.2 Å². The number of aromatic amines is 1. The fraction of sp³-hybridized carbons (Fsp3) is 0.111. The number of rotatable bonds is 10. The zero-order valence-corrected chi connectivity index (χ0v) is 21.3. The van der Waals surface area contributed by atoms with E-state index in [0.717, 1.165) is 28.4 Å². The van der Waals surface area contributed by atoms with E-state index in [1.807, 2.05) is 25.3 Å². The Morgan fingerprint density at radius 1 is 1.11 bits per heavy atom. The Morgan fingerprint density at radius 2 is 1.89 bits per heavy atom. The third kappa shape index (κ3) is 5.54. The minimum atomic E-state index is -0.462. The number of carbonyl (C=O) groups is 1. The molecule has 4 aromatic rings. The number of carbonyl (C=O) groups excluding carboxylic acids is 1. The standard InChI is InChI=1S/C27H26FN5O3S/c1-15-10-17(36-24-7-5-4-6-19(24)28)8-9-20(15)32-27(30)18(14-29)26(34)23-11-16-12-25(35-2)22(33-37-3)13-21(16)31-23/h4-14,29,31-33H,30H2,1-3H3/b27-18+,29-14?. The molecule has 0 bridgehead atoms. The van der Waals surface area contributed by atoms with Crippen molar-refractivity contribution in [2.45, 2.75) is 6.92 Å². The number of allylic oxidation sites excluding steroid dienone is 1. The SMILES string of the molecule is COc1cc2cc(C(=O)/C(C=N)=C(\N)Nc3ccc(Oc4ccccc4F)cc3C)[nH]c2cc1NSC. The van der Waals surface area contributed by atoms with E-state index in [2.05, 4.69) is 15.0 Å². The molecule has 6 N–H and O–H groups in total. The first-order chi connectivity index (χ1) is 17.8. The second-order valence-electron chi connectivity index (χ2n) is 8.06. The Labute approximate surface area is 217 Å². The van der Waals surface area contributed by atoms with Crippen molar-refractivity contribution in [2.75, 3.05) is 23.4 Å². The number of para-hydroxylation sites is 1. The number of hydrogen-bond acceptors (Lipinski definition) is 8. The van der Waals surface area contributed by atoms with Gasteiger partial charge in [-0.3, -0.25) is 4.79 Å². The van der Waals surface area contributed by atoms with Crippen molar-refractivity contribution in [3.8, 4) is 17.2 Å². The Kier molecular flexibility index (Phi) is 7.69. The molecule has 0 amide bonds. The molecule has 0 saturated carbocycles. The highest BCUT2D eigenvalue weighted by atomic mass is 32.2. The van der Waals surface area contributed by atoms with E-state index < -0.39 is 11.6 Å². The summed E-state index contributed by atoms with van der Waals surface area (Å²) >= 11 is 1.42. The summed E-state index contributed by atoms with van der Waals surface area (Å²) in [5, 5.41) is 11.6. The van der Waals surface area contributed by atoms with Gasteiger partial charge in [0, 0.05) is 29.1 Å². The molecule has 0 aliphatic heterocycles. The number of nitrogens with one attached hydrogen (secondary N) is 4. The van der Waals surface area contributed by atoms with Crippen LogP contribution in [0.4, 0.5) is 15.8 Å². The van der Waals surface area contributed by atoms with Gasteiger partial charge in [-0.05, 0) is 61.0 Å². The van der Waals surface area contributed by atoms with Crippen molar-refractivity contribution in [1.82, 2.24) is 4.98 Å². The molecule has 0 atom stereocenters. The molecular weight excluding hydrogens is 493 g/mol. The summed E-state index contributed by atoms with van der Waals surface area (Å²) in [4.78, 5) is 16.4. The number of nitrogens with two attached hydrogens (primary N) is 1. The lowest BCUT2D eigenvalue weighted by Gasteiger charge is -2.14. The third-order valence-corrected chi connectivity index (χ3v) is 6.03. The number of methoxy groups -OCH3 is 1. The molecule has 3 aromatic carbocycles.